The van der Waals surface area contributed by atoms with Crippen molar-refractivity contribution in [2.24, 2.45) is 5.73 Å². The summed E-state index contributed by atoms with van der Waals surface area (Å²) in [5.74, 6) is 0.463. The van der Waals surface area contributed by atoms with Crippen LogP contribution in [0.15, 0.2) is 41.8 Å². The van der Waals surface area contributed by atoms with E-state index in [1.807, 2.05) is 11.3 Å². The molecule has 1 aromatic carbocycles. The minimum atomic E-state index is 0.463. The summed E-state index contributed by atoms with van der Waals surface area (Å²) in [6.07, 6.45) is 1.02. The lowest BCUT2D eigenvalue weighted by atomic mass is 9.93. The lowest BCUT2D eigenvalue weighted by Gasteiger charge is -2.15. The minimum Gasteiger partial charge on any atom is -0.330 e. The van der Waals surface area contributed by atoms with Crippen molar-refractivity contribution in [2.75, 3.05) is 6.54 Å². The fraction of sp³-hybridized carbons (Fsp3) is 0.286. The second-order valence-corrected chi connectivity index (χ2v) is 5.04. The largest absolute Gasteiger partial charge is 0.330 e. The molecule has 1 unspecified atom stereocenters. The fourth-order valence-electron chi connectivity index (χ4n) is 2.02. The Hall–Kier alpha value is -1.12. The molecule has 1 heterocycles. The van der Waals surface area contributed by atoms with Crippen LogP contribution in [0.3, 0.4) is 0 Å². The van der Waals surface area contributed by atoms with E-state index in [1.54, 1.807) is 0 Å². The fourth-order valence-corrected chi connectivity index (χ4v) is 2.91. The summed E-state index contributed by atoms with van der Waals surface area (Å²) in [6.45, 7) is 2.87. The maximum Gasteiger partial charge on any atom is 0.0196 e. The van der Waals surface area contributed by atoms with Gasteiger partial charge in [0.1, 0.15) is 0 Å². The van der Waals surface area contributed by atoms with Gasteiger partial charge in [0.2, 0.25) is 0 Å². The molecule has 1 nitrogen and oxygen atoms in total. The maximum atomic E-state index is 5.72. The molecule has 1 atom stereocenters. The van der Waals surface area contributed by atoms with E-state index in [2.05, 4.69) is 48.7 Å². The van der Waals surface area contributed by atoms with Crippen molar-refractivity contribution in [3.63, 3.8) is 0 Å². The van der Waals surface area contributed by atoms with Gasteiger partial charge in [-0.3, -0.25) is 0 Å². The van der Waals surface area contributed by atoms with Crippen LogP contribution in [0.4, 0.5) is 0 Å². The van der Waals surface area contributed by atoms with Gasteiger partial charge >= 0.3 is 0 Å². The molecule has 2 N–H and O–H groups in total. The van der Waals surface area contributed by atoms with Crippen LogP contribution in [0, 0.1) is 6.92 Å². The molecule has 16 heavy (non-hydrogen) atoms. The molecule has 0 saturated heterocycles. The Morgan fingerprint density at radius 2 is 2.12 bits per heavy atom. The second-order valence-electron chi connectivity index (χ2n) is 4.06. The molecule has 0 radical (unpaired) electrons. The molecule has 0 amide bonds. The Bertz CT molecular complexity index is 434. The van der Waals surface area contributed by atoms with Gasteiger partial charge in [0.15, 0.2) is 0 Å². The van der Waals surface area contributed by atoms with E-state index >= 15 is 0 Å². The summed E-state index contributed by atoms with van der Waals surface area (Å²) in [5, 5.41) is 2.13. The molecule has 0 spiro atoms. The van der Waals surface area contributed by atoms with E-state index in [0.29, 0.717) is 5.92 Å². The maximum absolute atomic E-state index is 5.72. The first-order valence-electron chi connectivity index (χ1n) is 5.61. The summed E-state index contributed by atoms with van der Waals surface area (Å²) >= 11 is 1.82. The van der Waals surface area contributed by atoms with Crippen LogP contribution >= 0.6 is 11.3 Å². The highest BCUT2D eigenvalue weighted by molar-refractivity contribution is 7.10. The first-order valence-corrected chi connectivity index (χ1v) is 6.49. The van der Waals surface area contributed by atoms with Crippen molar-refractivity contribution >= 4 is 11.3 Å². The third-order valence-electron chi connectivity index (χ3n) is 2.79. The number of hydrogen-bond donors (Lipinski definition) is 1. The molecule has 0 aliphatic heterocycles. The van der Waals surface area contributed by atoms with Gasteiger partial charge < -0.3 is 5.73 Å². The Morgan fingerprint density at radius 3 is 2.75 bits per heavy atom. The summed E-state index contributed by atoms with van der Waals surface area (Å²) in [4.78, 5) is 1.41. The van der Waals surface area contributed by atoms with Crippen molar-refractivity contribution in [1.29, 1.82) is 0 Å². The van der Waals surface area contributed by atoms with Gasteiger partial charge in [0.25, 0.3) is 0 Å². The summed E-state index contributed by atoms with van der Waals surface area (Å²) in [7, 11) is 0. The van der Waals surface area contributed by atoms with Gasteiger partial charge in [-0.2, -0.15) is 0 Å². The summed E-state index contributed by atoms with van der Waals surface area (Å²) in [6, 6.07) is 13.0. The smallest absolute Gasteiger partial charge is 0.0196 e. The molecule has 2 rings (SSSR count). The van der Waals surface area contributed by atoms with Crippen molar-refractivity contribution in [2.45, 2.75) is 19.3 Å². The average molecular weight is 231 g/mol. The Labute approximate surface area is 101 Å². The number of rotatable bonds is 4. The summed E-state index contributed by atoms with van der Waals surface area (Å²) in [5.41, 5.74) is 8.41. The third-order valence-corrected chi connectivity index (χ3v) is 3.77. The lowest BCUT2D eigenvalue weighted by Crippen LogP contribution is -2.07. The van der Waals surface area contributed by atoms with Crippen molar-refractivity contribution in [3.05, 3.63) is 57.8 Å². The van der Waals surface area contributed by atoms with Gasteiger partial charge in [0, 0.05) is 10.8 Å². The number of benzene rings is 1. The zero-order chi connectivity index (χ0) is 11.4. The van der Waals surface area contributed by atoms with Crippen LogP contribution in [0.1, 0.15) is 28.3 Å². The van der Waals surface area contributed by atoms with Gasteiger partial charge in [-0.25, -0.2) is 0 Å². The monoisotopic (exact) mass is 231 g/mol. The molecule has 0 saturated carbocycles. The molecule has 0 fully saturated rings. The van der Waals surface area contributed by atoms with Gasteiger partial charge in [-0.05, 0) is 36.9 Å². The van der Waals surface area contributed by atoms with Gasteiger partial charge in [-0.1, -0.05) is 35.9 Å². The van der Waals surface area contributed by atoms with Crippen molar-refractivity contribution < 1.29 is 0 Å². The normalized spacial score (nSPS) is 12.6. The minimum absolute atomic E-state index is 0.463. The molecule has 2 heteroatoms. The first kappa shape index (κ1) is 11.4. The van der Waals surface area contributed by atoms with E-state index in [9.17, 15) is 0 Å². The molecule has 0 bridgehead atoms. The highest BCUT2D eigenvalue weighted by Gasteiger charge is 2.14. The van der Waals surface area contributed by atoms with E-state index in [1.165, 1.54) is 16.0 Å². The SMILES string of the molecule is Cc1cccc(C(CCN)c2cccs2)c1. The van der Waals surface area contributed by atoms with E-state index in [0.717, 1.165) is 13.0 Å². The van der Waals surface area contributed by atoms with Crippen LogP contribution in [-0.2, 0) is 0 Å². The zero-order valence-corrected chi connectivity index (χ0v) is 10.3. The van der Waals surface area contributed by atoms with Crippen LogP contribution < -0.4 is 5.73 Å². The second kappa shape index (κ2) is 5.28. The molecular weight excluding hydrogens is 214 g/mol. The van der Waals surface area contributed by atoms with Gasteiger partial charge in [0.05, 0.1) is 0 Å². The first-order chi connectivity index (χ1) is 7.81. The highest BCUT2D eigenvalue weighted by atomic mass is 32.1. The van der Waals surface area contributed by atoms with Crippen LogP contribution in [0.5, 0.6) is 0 Å². The van der Waals surface area contributed by atoms with E-state index in [-0.39, 0.29) is 0 Å². The van der Waals surface area contributed by atoms with Crippen LogP contribution in [-0.4, -0.2) is 6.54 Å². The predicted molar refractivity (Wildman–Crippen MR) is 71.0 cm³/mol. The van der Waals surface area contributed by atoms with E-state index < -0.39 is 0 Å². The standard InChI is InChI=1S/C14H17NS/c1-11-4-2-5-12(10-11)13(7-8-15)14-6-3-9-16-14/h2-6,9-10,13H,7-8,15H2,1H3. The number of nitrogens with two attached hydrogens (primary N) is 1. The third kappa shape index (κ3) is 2.52. The van der Waals surface area contributed by atoms with Crippen molar-refractivity contribution in [3.8, 4) is 0 Å². The lowest BCUT2D eigenvalue weighted by molar-refractivity contribution is 0.737. The van der Waals surface area contributed by atoms with Crippen molar-refractivity contribution in [1.82, 2.24) is 0 Å². The van der Waals surface area contributed by atoms with Crippen LogP contribution in [0.25, 0.3) is 0 Å². The Balaban J connectivity index is 2.33. The zero-order valence-electron chi connectivity index (χ0n) is 9.52. The number of hydrogen-bond acceptors (Lipinski definition) is 2. The molecular formula is C14H17NS. The van der Waals surface area contributed by atoms with Gasteiger partial charge in [-0.15, -0.1) is 11.3 Å². The quantitative estimate of drug-likeness (QED) is 0.855. The molecule has 2 aromatic rings. The predicted octanol–water partition coefficient (Wildman–Crippen LogP) is 3.54. The Morgan fingerprint density at radius 1 is 1.25 bits per heavy atom. The molecule has 0 aliphatic carbocycles. The highest BCUT2D eigenvalue weighted by Crippen LogP contribution is 2.31. The Kier molecular flexibility index (Phi) is 3.75. The average Bonchev–Trinajstić information content (AvgIpc) is 2.79. The number of thiophene rings is 1. The molecule has 84 valence electrons. The molecule has 0 aliphatic rings. The molecule has 1 aromatic heterocycles. The number of aryl methyl sites for hydroxylation is 1. The summed E-state index contributed by atoms with van der Waals surface area (Å²) < 4.78 is 0. The van der Waals surface area contributed by atoms with E-state index in [4.69, 9.17) is 5.73 Å². The van der Waals surface area contributed by atoms with Crippen LogP contribution in [0.2, 0.25) is 0 Å². The topological polar surface area (TPSA) is 26.0 Å².